The Hall–Kier alpha value is -0.470. The summed E-state index contributed by atoms with van der Waals surface area (Å²) in [6.07, 6.45) is 0. The second kappa shape index (κ2) is 5.57. The Morgan fingerprint density at radius 2 is 1.40 bits per heavy atom. The normalized spacial score (nSPS) is 11.7. The van der Waals surface area contributed by atoms with E-state index in [-0.39, 0.29) is 0 Å². The molecule has 0 bridgehead atoms. The van der Waals surface area contributed by atoms with Crippen molar-refractivity contribution in [3.63, 3.8) is 0 Å². The summed E-state index contributed by atoms with van der Waals surface area (Å²) in [6.45, 7) is 11.6. The molecule has 15 heavy (non-hydrogen) atoms. The molecular weight excluding hydrogens is 202 g/mol. The fourth-order valence-corrected chi connectivity index (χ4v) is 2.14. The van der Waals surface area contributed by atoms with Gasteiger partial charge in [-0.25, -0.2) is 0 Å². The SMILES string of the molecule is CC[N+](CC)(CC)Cc1ccc(S)cc1. The van der Waals surface area contributed by atoms with E-state index in [0.29, 0.717) is 0 Å². The molecule has 0 aromatic heterocycles. The van der Waals surface area contributed by atoms with Gasteiger partial charge in [0.05, 0.1) is 19.6 Å². The first-order valence-electron chi connectivity index (χ1n) is 5.78. The van der Waals surface area contributed by atoms with Crippen LogP contribution in [0.5, 0.6) is 0 Å². The fraction of sp³-hybridized carbons (Fsp3) is 0.538. The molecule has 0 saturated carbocycles. The number of quaternary nitrogens is 1. The van der Waals surface area contributed by atoms with E-state index in [1.807, 2.05) is 0 Å². The Kier molecular flexibility index (Phi) is 4.68. The van der Waals surface area contributed by atoms with Gasteiger partial charge in [-0.2, -0.15) is 0 Å². The zero-order valence-electron chi connectivity index (χ0n) is 10.0. The zero-order chi connectivity index (χ0) is 11.3. The molecule has 0 N–H and O–H groups in total. The molecule has 0 fully saturated rings. The van der Waals surface area contributed by atoms with Crippen molar-refractivity contribution in [2.24, 2.45) is 0 Å². The highest BCUT2D eigenvalue weighted by Crippen LogP contribution is 2.15. The molecule has 0 spiro atoms. The minimum Gasteiger partial charge on any atom is -0.321 e. The van der Waals surface area contributed by atoms with E-state index in [0.717, 1.165) is 11.4 Å². The molecule has 0 radical (unpaired) electrons. The van der Waals surface area contributed by atoms with Crippen molar-refractivity contribution in [3.05, 3.63) is 29.8 Å². The fourth-order valence-electron chi connectivity index (χ4n) is 1.99. The van der Waals surface area contributed by atoms with Gasteiger partial charge in [-0.3, -0.25) is 0 Å². The molecule has 1 aromatic carbocycles. The van der Waals surface area contributed by atoms with Crippen molar-refractivity contribution in [1.82, 2.24) is 0 Å². The van der Waals surface area contributed by atoms with Gasteiger partial charge in [-0.15, -0.1) is 12.6 Å². The lowest BCUT2D eigenvalue weighted by atomic mass is 10.2. The van der Waals surface area contributed by atoms with Crippen LogP contribution in [-0.4, -0.2) is 24.1 Å². The molecule has 0 saturated heterocycles. The van der Waals surface area contributed by atoms with Crippen molar-refractivity contribution in [3.8, 4) is 0 Å². The van der Waals surface area contributed by atoms with Crippen LogP contribution in [0.15, 0.2) is 29.2 Å². The van der Waals surface area contributed by atoms with E-state index in [2.05, 4.69) is 57.7 Å². The Morgan fingerprint density at radius 3 is 1.80 bits per heavy atom. The summed E-state index contributed by atoms with van der Waals surface area (Å²) in [5.41, 5.74) is 1.42. The maximum atomic E-state index is 4.31. The van der Waals surface area contributed by atoms with Crippen LogP contribution in [-0.2, 0) is 6.54 Å². The van der Waals surface area contributed by atoms with Crippen molar-refractivity contribution in [1.29, 1.82) is 0 Å². The highest BCUT2D eigenvalue weighted by Gasteiger charge is 2.20. The van der Waals surface area contributed by atoms with Gasteiger partial charge < -0.3 is 4.48 Å². The molecule has 0 aliphatic rings. The predicted molar refractivity (Wildman–Crippen MR) is 69.3 cm³/mol. The molecule has 1 aromatic rings. The summed E-state index contributed by atoms with van der Waals surface area (Å²) in [4.78, 5) is 1.04. The average Bonchev–Trinajstić information content (AvgIpc) is 2.29. The van der Waals surface area contributed by atoms with Gasteiger partial charge in [0.25, 0.3) is 0 Å². The second-order valence-corrected chi connectivity index (χ2v) is 4.63. The number of hydrogen-bond acceptors (Lipinski definition) is 1. The van der Waals surface area contributed by atoms with Crippen LogP contribution in [0.4, 0.5) is 0 Å². The van der Waals surface area contributed by atoms with Crippen molar-refractivity contribution < 1.29 is 4.48 Å². The molecule has 0 aliphatic heterocycles. The standard InChI is InChI=1S/C13H21NS/c1-4-14(5-2,6-3)11-12-7-9-13(15)10-8-12/h7-10H,4-6,11H2,1-3H3/p+1. The molecule has 0 atom stereocenters. The number of benzene rings is 1. The first-order chi connectivity index (χ1) is 7.15. The first-order valence-corrected chi connectivity index (χ1v) is 6.23. The minimum absolute atomic E-state index is 1.04. The Balaban J connectivity index is 2.78. The highest BCUT2D eigenvalue weighted by atomic mass is 32.1. The predicted octanol–water partition coefficient (Wildman–Crippen LogP) is 3.35. The molecule has 1 rings (SSSR count). The van der Waals surface area contributed by atoms with E-state index in [9.17, 15) is 0 Å². The Labute approximate surface area is 99.1 Å². The molecule has 84 valence electrons. The number of nitrogens with zero attached hydrogens (tertiary/aromatic N) is 1. The van der Waals surface area contributed by atoms with E-state index >= 15 is 0 Å². The van der Waals surface area contributed by atoms with Gasteiger partial charge >= 0.3 is 0 Å². The van der Waals surface area contributed by atoms with Gasteiger partial charge in [0, 0.05) is 10.5 Å². The van der Waals surface area contributed by atoms with Crippen LogP contribution in [0.3, 0.4) is 0 Å². The Morgan fingerprint density at radius 1 is 0.933 bits per heavy atom. The number of hydrogen-bond donors (Lipinski definition) is 1. The van der Waals surface area contributed by atoms with Crippen molar-refractivity contribution >= 4 is 12.6 Å². The summed E-state index contributed by atoms with van der Waals surface area (Å²) >= 11 is 4.31. The van der Waals surface area contributed by atoms with Gasteiger partial charge in [-0.1, -0.05) is 12.1 Å². The topological polar surface area (TPSA) is 0 Å². The summed E-state index contributed by atoms with van der Waals surface area (Å²) < 4.78 is 1.17. The van der Waals surface area contributed by atoms with E-state index in [1.165, 1.54) is 29.7 Å². The molecular formula is C13H22NS+. The van der Waals surface area contributed by atoms with E-state index in [1.54, 1.807) is 0 Å². The molecule has 0 aliphatic carbocycles. The summed E-state index contributed by atoms with van der Waals surface area (Å²) in [5, 5.41) is 0. The second-order valence-electron chi connectivity index (χ2n) is 4.11. The van der Waals surface area contributed by atoms with Crippen LogP contribution in [0, 0.1) is 0 Å². The highest BCUT2D eigenvalue weighted by molar-refractivity contribution is 7.80. The van der Waals surface area contributed by atoms with E-state index < -0.39 is 0 Å². The third kappa shape index (κ3) is 3.25. The number of thiol groups is 1. The van der Waals surface area contributed by atoms with Gasteiger partial charge in [0.1, 0.15) is 6.54 Å². The average molecular weight is 224 g/mol. The van der Waals surface area contributed by atoms with Crippen LogP contribution < -0.4 is 0 Å². The first kappa shape index (κ1) is 12.6. The van der Waals surface area contributed by atoms with Gasteiger partial charge in [0.15, 0.2) is 0 Å². The van der Waals surface area contributed by atoms with E-state index in [4.69, 9.17) is 0 Å². The maximum absolute atomic E-state index is 4.31. The van der Waals surface area contributed by atoms with Crippen molar-refractivity contribution in [2.45, 2.75) is 32.2 Å². The quantitative estimate of drug-likeness (QED) is 0.575. The maximum Gasteiger partial charge on any atom is 0.104 e. The number of rotatable bonds is 5. The zero-order valence-corrected chi connectivity index (χ0v) is 10.9. The molecule has 0 heterocycles. The van der Waals surface area contributed by atoms with Gasteiger partial charge in [0.2, 0.25) is 0 Å². The molecule has 1 nitrogen and oxygen atoms in total. The van der Waals surface area contributed by atoms with Crippen LogP contribution >= 0.6 is 12.6 Å². The summed E-state index contributed by atoms with van der Waals surface area (Å²) in [7, 11) is 0. The summed E-state index contributed by atoms with van der Waals surface area (Å²) in [5.74, 6) is 0. The van der Waals surface area contributed by atoms with Crippen molar-refractivity contribution in [2.75, 3.05) is 19.6 Å². The molecule has 0 amide bonds. The smallest absolute Gasteiger partial charge is 0.104 e. The lowest BCUT2D eigenvalue weighted by Gasteiger charge is -2.35. The third-order valence-corrected chi connectivity index (χ3v) is 3.76. The molecule has 2 heteroatoms. The Bertz CT molecular complexity index is 280. The summed E-state index contributed by atoms with van der Waals surface area (Å²) in [6, 6.07) is 8.54. The minimum atomic E-state index is 1.04. The lowest BCUT2D eigenvalue weighted by molar-refractivity contribution is -0.936. The lowest BCUT2D eigenvalue weighted by Crippen LogP contribution is -2.46. The monoisotopic (exact) mass is 224 g/mol. The third-order valence-electron chi connectivity index (χ3n) is 3.47. The van der Waals surface area contributed by atoms with Crippen LogP contribution in [0.25, 0.3) is 0 Å². The van der Waals surface area contributed by atoms with Crippen LogP contribution in [0.1, 0.15) is 26.3 Å². The molecule has 0 unspecified atom stereocenters. The van der Waals surface area contributed by atoms with Gasteiger partial charge in [-0.05, 0) is 32.9 Å². The van der Waals surface area contributed by atoms with Crippen LogP contribution in [0.2, 0.25) is 0 Å². The largest absolute Gasteiger partial charge is 0.321 e.